The largest absolute Gasteiger partial charge is 0.386 e. The van der Waals surface area contributed by atoms with Crippen molar-refractivity contribution < 1.29 is 0 Å². The Bertz CT molecular complexity index is 314. The lowest BCUT2D eigenvalue weighted by molar-refractivity contribution is 0.557. The normalized spacial score (nSPS) is 17.7. The van der Waals surface area contributed by atoms with Gasteiger partial charge in [-0.1, -0.05) is 31.4 Å². The lowest BCUT2D eigenvalue weighted by atomic mass is 10.1. The van der Waals surface area contributed by atoms with Gasteiger partial charge in [-0.3, -0.25) is 0 Å². The Morgan fingerprint density at radius 3 is 2.25 bits per heavy atom. The van der Waals surface area contributed by atoms with Gasteiger partial charge < -0.3 is 10.2 Å². The molecule has 0 aliphatic carbocycles. The molecule has 2 rings (SSSR count). The Hall–Kier alpha value is -1.18. The van der Waals surface area contributed by atoms with Gasteiger partial charge >= 0.3 is 0 Å². The van der Waals surface area contributed by atoms with E-state index >= 15 is 0 Å². The second-order valence-electron chi connectivity index (χ2n) is 4.52. The van der Waals surface area contributed by atoms with E-state index in [4.69, 9.17) is 0 Å². The molecule has 0 saturated carbocycles. The van der Waals surface area contributed by atoms with Crippen LogP contribution in [0.2, 0.25) is 0 Å². The molecular weight excluding hydrogens is 196 g/mol. The van der Waals surface area contributed by atoms with Crippen LogP contribution in [0.4, 0.5) is 11.4 Å². The maximum Gasteiger partial charge on any atom is 0.0601 e. The number of rotatable bonds is 2. The van der Waals surface area contributed by atoms with Crippen molar-refractivity contribution in [1.29, 1.82) is 0 Å². The second kappa shape index (κ2) is 5.78. The summed E-state index contributed by atoms with van der Waals surface area (Å²) in [6.07, 6.45) is 6.86. The lowest BCUT2D eigenvalue weighted by Gasteiger charge is -2.28. The smallest absolute Gasteiger partial charge is 0.0601 e. The van der Waals surface area contributed by atoms with Crippen molar-refractivity contribution in [1.82, 2.24) is 0 Å². The van der Waals surface area contributed by atoms with Crippen LogP contribution in [0, 0.1) is 0 Å². The van der Waals surface area contributed by atoms with E-state index in [1.54, 1.807) is 0 Å². The number of nitrogens with zero attached hydrogens (tertiary/aromatic N) is 1. The molecule has 1 aliphatic heterocycles. The van der Waals surface area contributed by atoms with Crippen LogP contribution in [-0.2, 0) is 0 Å². The van der Waals surface area contributed by atoms with E-state index in [2.05, 4.69) is 34.5 Å². The Kier molecular flexibility index (Phi) is 4.09. The van der Waals surface area contributed by atoms with Crippen LogP contribution in [0.1, 0.15) is 32.1 Å². The first kappa shape index (κ1) is 11.3. The van der Waals surface area contributed by atoms with Gasteiger partial charge in [0.15, 0.2) is 0 Å². The summed E-state index contributed by atoms with van der Waals surface area (Å²) in [7, 11) is 2.00. The number of hydrogen-bond acceptors (Lipinski definition) is 2. The van der Waals surface area contributed by atoms with E-state index in [9.17, 15) is 0 Å². The van der Waals surface area contributed by atoms with Crippen LogP contribution < -0.4 is 10.2 Å². The molecular formula is C14H22N2. The van der Waals surface area contributed by atoms with Crippen LogP contribution in [0.3, 0.4) is 0 Å². The van der Waals surface area contributed by atoms with Crippen molar-refractivity contribution in [3.63, 3.8) is 0 Å². The second-order valence-corrected chi connectivity index (χ2v) is 4.52. The van der Waals surface area contributed by atoms with Gasteiger partial charge in [-0.2, -0.15) is 0 Å². The molecule has 1 aromatic rings. The zero-order valence-corrected chi connectivity index (χ0v) is 10.2. The average molecular weight is 218 g/mol. The zero-order valence-electron chi connectivity index (χ0n) is 10.2. The molecule has 2 heteroatoms. The van der Waals surface area contributed by atoms with Crippen LogP contribution in [-0.4, -0.2) is 20.1 Å². The topological polar surface area (TPSA) is 15.3 Å². The lowest BCUT2D eigenvalue weighted by Crippen LogP contribution is -2.27. The number of para-hydroxylation sites is 2. The predicted molar refractivity (Wildman–Crippen MR) is 71.3 cm³/mol. The van der Waals surface area contributed by atoms with Crippen molar-refractivity contribution in [3.8, 4) is 0 Å². The number of hydrogen-bond donors (Lipinski definition) is 1. The molecule has 0 radical (unpaired) electrons. The number of benzene rings is 1. The molecule has 1 fully saturated rings. The molecule has 0 spiro atoms. The Morgan fingerprint density at radius 1 is 0.938 bits per heavy atom. The summed E-state index contributed by atoms with van der Waals surface area (Å²) < 4.78 is 0. The summed E-state index contributed by atoms with van der Waals surface area (Å²) in [5.74, 6) is 0. The molecule has 0 atom stereocenters. The minimum absolute atomic E-state index is 1.21. The van der Waals surface area contributed by atoms with Gasteiger partial charge in [0.25, 0.3) is 0 Å². The van der Waals surface area contributed by atoms with Crippen LogP contribution in [0.25, 0.3) is 0 Å². The van der Waals surface area contributed by atoms with Gasteiger partial charge in [0, 0.05) is 20.1 Å². The summed E-state index contributed by atoms with van der Waals surface area (Å²) >= 11 is 0. The Labute approximate surface area is 98.7 Å². The molecule has 1 aliphatic rings. The zero-order chi connectivity index (χ0) is 11.2. The molecule has 0 aromatic heterocycles. The molecule has 2 nitrogen and oxygen atoms in total. The summed E-state index contributed by atoms with van der Waals surface area (Å²) in [6, 6.07) is 8.62. The highest BCUT2D eigenvalue weighted by atomic mass is 15.1. The minimum Gasteiger partial charge on any atom is -0.386 e. The van der Waals surface area contributed by atoms with Gasteiger partial charge in [-0.05, 0) is 25.0 Å². The highest BCUT2D eigenvalue weighted by Gasteiger charge is 2.11. The molecule has 16 heavy (non-hydrogen) atoms. The van der Waals surface area contributed by atoms with Crippen molar-refractivity contribution in [2.75, 3.05) is 30.4 Å². The van der Waals surface area contributed by atoms with E-state index in [1.807, 2.05) is 7.05 Å². The molecule has 0 bridgehead atoms. The molecule has 0 unspecified atom stereocenters. The SMILES string of the molecule is CNc1ccccc1N1CCCCCCC1. The molecule has 1 saturated heterocycles. The quantitative estimate of drug-likeness (QED) is 0.817. The van der Waals surface area contributed by atoms with Gasteiger partial charge in [0.1, 0.15) is 0 Å². The fourth-order valence-corrected chi connectivity index (χ4v) is 2.45. The van der Waals surface area contributed by atoms with Crippen molar-refractivity contribution >= 4 is 11.4 Å². The molecule has 1 aromatic carbocycles. The first-order valence-electron chi connectivity index (χ1n) is 6.43. The molecule has 1 heterocycles. The summed E-state index contributed by atoms with van der Waals surface area (Å²) in [6.45, 7) is 2.41. The monoisotopic (exact) mass is 218 g/mol. The molecule has 0 amide bonds. The summed E-state index contributed by atoms with van der Waals surface area (Å²) in [4.78, 5) is 2.53. The maximum atomic E-state index is 3.29. The van der Waals surface area contributed by atoms with Crippen LogP contribution in [0.5, 0.6) is 0 Å². The van der Waals surface area contributed by atoms with E-state index in [0.717, 1.165) is 0 Å². The number of anilines is 2. The van der Waals surface area contributed by atoms with E-state index in [0.29, 0.717) is 0 Å². The van der Waals surface area contributed by atoms with E-state index in [-0.39, 0.29) is 0 Å². The Balaban J connectivity index is 2.13. The molecule has 1 N–H and O–H groups in total. The fraction of sp³-hybridized carbons (Fsp3) is 0.571. The standard InChI is InChI=1S/C14H22N2/c1-15-13-9-5-6-10-14(13)16-11-7-3-2-4-8-12-16/h5-6,9-10,15H,2-4,7-8,11-12H2,1H3. The van der Waals surface area contributed by atoms with Crippen LogP contribution in [0.15, 0.2) is 24.3 Å². The van der Waals surface area contributed by atoms with Crippen molar-refractivity contribution in [2.45, 2.75) is 32.1 Å². The van der Waals surface area contributed by atoms with Crippen LogP contribution >= 0.6 is 0 Å². The van der Waals surface area contributed by atoms with Gasteiger partial charge in [0.2, 0.25) is 0 Å². The Morgan fingerprint density at radius 2 is 1.56 bits per heavy atom. The summed E-state index contributed by atoms with van der Waals surface area (Å²) in [5.41, 5.74) is 2.62. The first-order valence-corrected chi connectivity index (χ1v) is 6.43. The summed E-state index contributed by atoms with van der Waals surface area (Å²) in [5, 5.41) is 3.29. The highest BCUT2D eigenvalue weighted by molar-refractivity contribution is 5.69. The van der Waals surface area contributed by atoms with Gasteiger partial charge in [0.05, 0.1) is 11.4 Å². The third kappa shape index (κ3) is 2.69. The van der Waals surface area contributed by atoms with E-state index < -0.39 is 0 Å². The molecule has 88 valence electrons. The number of nitrogens with one attached hydrogen (secondary N) is 1. The van der Waals surface area contributed by atoms with Gasteiger partial charge in [-0.15, -0.1) is 0 Å². The predicted octanol–water partition coefficient (Wildman–Crippen LogP) is 3.50. The third-order valence-corrected chi connectivity index (χ3v) is 3.37. The van der Waals surface area contributed by atoms with E-state index in [1.165, 1.54) is 56.6 Å². The fourth-order valence-electron chi connectivity index (χ4n) is 2.45. The van der Waals surface area contributed by atoms with Crippen molar-refractivity contribution in [2.24, 2.45) is 0 Å². The first-order chi connectivity index (χ1) is 7.92. The van der Waals surface area contributed by atoms with Gasteiger partial charge in [-0.25, -0.2) is 0 Å². The minimum atomic E-state index is 1.21. The average Bonchev–Trinajstić information content (AvgIpc) is 2.29. The third-order valence-electron chi connectivity index (χ3n) is 3.37. The van der Waals surface area contributed by atoms with Crippen molar-refractivity contribution in [3.05, 3.63) is 24.3 Å². The maximum absolute atomic E-state index is 3.29. The highest BCUT2D eigenvalue weighted by Crippen LogP contribution is 2.26.